The fraction of sp³-hybridized carbons (Fsp3) is 0.333. The molecule has 0 bridgehead atoms. The Hall–Kier alpha value is -0.313. The van der Waals surface area contributed by atoms with Gasteiger partial charge in [-0.2, -0.15) is 0 Å². The van der Waals surface area contributed by atoms with Crippen LogP contribution in [0, 0.1) is 0 Å². The molecule has 1 rings (SSSR count). The Balaban J connectivity index is 2.94. The molecule has 0 fully saturated rings. The van der Waals surface area contributed by atoms with Crippen LogP contribution in [0.5, 0.6) is 0 Å². The zero-order chi connectivity index (χ0) is 9.14. The molecule has 0 spiro atoms. The molecule has 0 saturated carbocycles. The lowest BCUT2D eigenvalue weighted by molar-refractivity contribution is 0.386. The van der Waals surface area contributed by atoms with E-state index in [1.807, 2.05) is 25.1 Å². The first-order valence-electron chi connectivity index (χ1n) is 3.99. The van der Waals surface area contributed by atoms with E-state index in [2.05, 4.69) is 18.2 Å². The molecular formula is C9H14ClNSi. The zero-order valence-electron chi connectivity index (χ0n) is 7.71. The second-order valence-electron chi connectivity index (χ2n) is 3.16. The van der Waals surface area contributed by atoms with E-state index in [0.717, 1.165) is 10.2 Å². The second kappa shape index (κ2) is 4.08. The van der Waals surface area contributed by atoms with E-state index in [0.29, 0.717) is 0 Å². The van der Waals surface area contributed by atoms with Crippen molar-refractivity contribution in [3.63, 3.8) is 0 Å². The van der Waals surface area contributed by atoms with Gasteiger partial charge >= 0.3 is 0 Å². The van der Waals surface area contributed by atoms with Crippen molar-refractivity contribution in [2.24, 2.45) is 0 Å². The monoisotopic (exact) mass is 199 g/mol. The molecule has 1 unspecified atom stereocenters. The van der Waals surface area contributed by atoms with Crippen molar-refractivity contribution in [1.29, 1.82) is 0 Å². The van der Waals surface area contributed by atoms with Crippen LogP contribution in [0.4, 0.5) is 0 Å². The van der Waals surface area contributed by atoms with Gasteiger partial charge in [-0.15, -0.1) is 11.6 Å². The number of nitrogens with zero attached hydrogens (tertiary/aromatic N) is 1. The van der Waals surface area contributed by atoms with Gasteiger partial charge in [0.2, 0.25) is 0 Å². The first-order valence-corrected chi connectivity index (χ1v) is 5.42. The summed E-state index contributed by atoms with van der Waals surface area (Å²) >= 11 is 6.19. The summed E-state index contributed by atoms with van der Waals surface area (Å²) in [5.74, 6) is 0. The summed E-state index contributed by atoms with van der Waals surface area (Å²) in [6.07, 6.45) is 0. The third-order valence-corrected chi connectivity index (χ3v) is 3.43. The normalized spacial score (nSPS) is 13.7. The molecule has 3 heteroatoms. The van der Waals surface area contributed by atoms with Gasteiger partial charge in [-0.25, -0.2) is 0 Å². The third-order valence-electron chi connectivity index (χ3n) is 1.90. The summed E-state index contributed by atoms with van der Waals surface area (Å²) in [5.41, 5.74) is 1.26. The van der Waals surface area contributed by atoms with Crippen LogP contribution in [0.3, 0.4) is 0 Å². The minimum atomic E-state index is 0.0127. The molecule has 0 aromatic heterocycles. The first kappa shape index (κ1) is 9.77. The van der Waals surface area contributed by atoms with Gasteiger partial charge in [0.25, 0.3) is 0 Å². The number of benzene rings is 1. The third kappa shape index (κ3) is 2.09. The van der Waals surface area contributed by atoms with Gasteiger partial charge in [0, 0.05) is 10.2 Å². The summed E-state index contributed by atoms with van der Waals surface area (Å²) in [5, 5.41) is 1.38. The average molecular weight is 200 g/mol. The molecule has 0 saturated heterocycles. The van der Waals surface area contributed by atoms with E-state index < -0.39 is 0 Å². The van der Waals surface area contributed by atoms with Gasteiger partial charge < -0.3 is 0 Å². The summed E-state index contributed by atoms with van der Waals surface area (Å²) in [6, 6.07) is 8.33. The lowest BCUT2D eigenvalue weighted by atomic mass is 10.2. The maximum absolute atomic E-state index is 6.19. The highest BCUT2D eigenvalue weighted by Crippen LogP contribution is 2.19. The van der Waals surface area contributed by atoms with E-state index in [1.54, 1.807) is 0 Å². The maximum Gasteiger partial charge on any atom is 0.110 e. The molecule has 0 heterocycles. The summed E-state index contributed by atoms with van der Waals surface area (Å²) < 4.78 is 0. The van der Waals surface area contributed by atoms with Crippen LogP contribution in [0.1, 0.15) is 11.1 Å². The Bertz CT molecular complexity index is 262. The fourth-order valence-electron chi connectivity index (χ4n) is 1.13. The first-order chi connectivity index (χ1) is 5.63. The maximum atomic E-state index is 6.19. The SMILES string of the molecule is CN(C)C(Cl)c1ccccc1[SiH3]. The predicted octanol–water partition coefficient (Wildman–Crippen LogP) is 0.476. The predicted molar refractivity (Wildman–Crippen MR) is 58.3 cm³/mol. The molecule has 0 radical (unpaired) electrons. The standard InChI is InChI=1S/C9H14ClNSi/c1-11(2)9(10)7-5-3-4-6-8(7)12/h3-6,9H,1-2,12H3. The minimum absolute atomic E-state index is 0.0127. The molecule has 0 aliphatic rings. The number of hydrogen-bond acceptors (Lipinski definition) is 1. The van der Waals surface area contributed by atoms with Crippen molar-refractivity contribution in [2.45, 2.75) is 5.50 Å². The van der Waals surface area contributed by atoms with Gasteiger partial charge in [-0.1, -0.05) is 29.5 Å². The van der Waals surface area contributed by atoms with Crippen LogP contribution in [-0.2, 0) is 0 Å². The van der Waals surface area contributed by atoms with Gasteiger partial charge in [-0.05, 0) is 19.7 Å². The lowest BCUT2D eigenvalue weighted by Crippen LogP contribution is -2.21. The van der Waals surface area contributed by atoms with Crippen LogP contribution < -0.4 is 5.19 Å². The van der Waals surface area contributed by atoms with Crippen LogP contribution in [0.2, 0.25) is 0 Å². The number of halogens is 1. The van der Waals surface area contributed by atoms with Gasteiger partial charge in [0.05, 0.1) is 0 Å². The molecule has 1 atom stereocenters. The Morgan fingerprint density at radius 1 is 1.33 bits per heavy atom. The Labute approximate surface area is 81.8 Å². The van der Waals surface area contributed by atoms with Crippen LogP contribution in [-0.4, -0.2) is 29.2 Å². The average Bonchev–Trinajstić information content (AvgIpc) is 2.04. The molecular weight excluding hydrogens is 186 g/mol. The topological polar surface area (TPSA) is 3.24 Å². The van der Waals surface area contributed by atoms with E-state index in [-0.39, 0.29) is 5.50 Å². The summed E-state index contributed by atoms with van der Waals surface area (Å²) in [6.45, 7) is 0. The van der Waals surface area contributed by atoms with Gasteiger partial charge in [0.15, 0.2) is 0 Å². The summed E-state index contributed by atoms with van der Waals surface area (Å²) in [4.78, 5) is 2.01. The van der Waals surface area contributed by atoms with Gasteiger partial charge in [-0.3, -0.25) is 4.90 Å². The Kier molecular flexibility index (Phi) is 3.32. The van der Waals surface area contributed by atoms with Crippen LogP contribution >= 0.6 is 11.6 Å². The second-order valence-corrected chi connectivity index (χ2v) is 4.65. The van der Waals surface area contributed by atoms with Crippen molar-refractivity contribution in [3.8, 4) is 0 Å². The van der Waals surface area contributed by atoms with Gasteiger partial charge in [0.1, 0.15) is 5.50 Å². The van der Waals surface area contributed by atoms with E-state index >= 15 is 0 Å². The lowest BCUT2D eigenvalue weighted by Gasteiger charge is -2.19. The van der Waals surface area contributed by atoms with Crippen molar-refractivity contribution in [2.75, 3.05) is 14.1 Å². The van der Waals surface area contributed by atoms with Crippen molar-refractivity contribution in [1.82, 2.24) is 4.90 Å². The highest BCUT2D eigenvalue weighted by Gasteiger charge is 2.10. The highest BCUT2D eigenvalue weighted by atomic mass is 35.5. The highest BCUT2D eigenvalue weighted by molar-refractivity contribution is 6.34. The van der Waals surface area contributed by atoms with Crippen molar-refractivity contribution in [3.05, 3.63) is 29.8 Å². The Morgan fingerprint density at radius 2 is 1.92 bits per heavy atom. The fourth-order valence-corrected chi connectivity index (χ4v) is 2.19. The Morgan fingerprint density at radius 3 is 2.42 bits per heavy atom. The molecule has 0 aliphatic heterocycles. The molecule has 0 amide bonds. The number of hydrogen-bond donors (Lipinski definition) is 0. The molecule has 0 N–H and O–H groups in total. The van der Waals surface area contributed by atoms with E-state index in [4.69, 9.17) is 11.6 Å². The molecule has 66 valence electrons. The van der Waals surface area contributed by atoms with Crippen LogP contribution in [0.15, 0.2) is 24.3 Å². The van der Waals surface area contributed by atoms with Crippen LogP contribution in [0.25, 0.3) is 0 Å². The molecule has 12 heavy (non-hydrogen) atoms. The molecule has 0 aliphatic carbocycles. The number of alkyl halides is 1. The summed E-state index contributed by atoms with van der Waals surface area (Å²) in [7, 11) is 5.04. The zero-order valence-corrected chi connectivity index (χ0v) is 10.5. The van der Waals surface area contributed by atoms with Crippen molar-refractivity contribution >= 4 is 27.0 Å². The largest absolute Gasteiger partial charge is 0.290 e. The minimum Gasteiger partial charge on any atom is -0.290 e. The number of rotatable bonds is 2. The quantitative estimate of drug-likeness (QED) is 0.381. The molecule has 1 aromatic carbocycles. The molecule has 1 aromatic rings. The smallest absolute Gasteiger partial charge is 0.110 e. The molecule has 1 nitrogen and oxygen atoms in total. The van der Waals surface area contributed by atoms with E-state index in [1.165, 1.54) is 10.8 Å². The van der Waals surface area contributed by atoms with Crippen molar-refractivity contribution < 1.29 is 0 Å². The van der Waals surface area contributed by atoms with E-state index in [9.17, 15) is 0 Å².